The molecule has 5 nitrogen and oxygen atoms in total. The molecule has 0 saturated heterocycles. The van der Waals surface area contributed by atoms with Crippen molar-refractivity contribution < 1.29 is 8.42 Å². The summed E-state index contributed by atoms with van der Waals surface area (Å²) in [6.07, 6.45) is 4.43. The molecule has 0 aliphatic carbocycles. The minimum atomic E-state index is -3.27. The van der Waals surface area contributed by atoms with E-state index in [1.807, 2.05) is 12.1 Å². The van der Waals surface area contributed by atoms with Crippen LogP contribution in [-0.4, -0.2) is 44.7 Å². The van der Waals surface area contributed by atoms with Crippen molar-refractivity contribution in [1.29, 1.82) is 0 Å². The molecule has 1 aromatic heterocycles. The van der Waals surface area contributed by atoms with Gasteiger partial charge in [0, 0.05) is 40.9 Å². The normalized spacial score (nSPS) is 16.8. The number of aromatic nitrogens is 1. The Kier molecular flexibility index (Phi) is 3.74. The summed E-state index contributed by atoms with van der Waals surface area (Å²) in [5, 5.41) is 1.07. The Morgan fingerprint density at radius 2 is 2.09 bits per heavy atom. The second kappa shape index (κ2) is 5.44. The van der Waals surface area contributed by atoms with Gasteiger partial charge in [-0.25, -0.2) is 8.42 Å². The molecule has 3 rings (SSSR count). The van der Waals surface area contributed by atoms with E-state index in [1.54, 1.807) is 6.07 Å². The predicted octanol–water partition coefficient (Wildman–Crippen LogP) is 2.57. The van der Waals surface area contributed by atoms with Crippen LogP contribution in [0.3, 0.4) is 0 Å². The van der Waals surface area contributed by atoms with Gasteiger partial charge >= 0.3 is 0 Å². The molecule has 0 saturated carbocycles. The number of likely N-dealkylation sites (N-methyl/N-ethyl adjacent to an activating group) is 1. The molecule has 1 aromatic carbocycles. The summed E-state index contributed by atoms with van der Waals surface area (Å²) in [7, 11) is -1.15. The number of hydrogen-bond acceptors (Lipinski definition) is 3. The highest BCUT2D eigenvalue weighted by Crippen LogP contribution is 2.33. The molecule has 0 bridgehead atoms. The number of fused-ring (bicyclic) bond motifs is 1. The summed E-state index contributed by atoms with van der Waals surface area (Å²) in [4.78, 5) is 5.68. The molecule has 0 unspecified atom stereocenters. The standard InChI is InChI=1S/C16H21N3O2S/c1-11-16(12-6-8-19(2)9-7-12)14-10-13(18-22(3,20)21)4-5-15(14)17-11/h4-6,10,17-18H,7-9H2,1-3H3. The zero-order chi connectivity index (χ0) is 15.9. The van der Waals surface area contributed by atoms with Crippen LogP contribution in [0, 0.1) is 6.92 Å². The molecule has 118 valence electrons. The van der Waals surface area contributed by atoms with Crippen molar-refractivity contribution in [3.63, 3.8) is 0 Å². The van der Waals surface area contributed by atoms with Crippen LogP contribution < -0.4 is 4.72 Å². The Morgan fingerprint density at radius 3 is 2.73 bits per heavy atom. The van der Waals surface area contributed by atoms with Crippen molar-refractivity contribution in [1.82, 2.24) is 9.88 Å². The topological polar surface area (TPSA) is 65.2 Å². The first-order valence-corrected chi connectivity index (χ1v) is 9.21. The van der Waals surface area contributed by atoms with Gasteiger partial charge in [-0.3, -0.25) is 4.72 Å². The first kappa shape index (κ1) is 15.1. The maximum atomic E-state index is 11.4. The third-order valence-electron chi connectivity index (χ3n) is 4.02. The molecule has 22 heavy (non-hydrogen) atoms. The summed E-state index contributed by atoms with van der Waals surface area (Å²) in [6, 6.07) is 5.62. The zero-order valence-electron chi connectivity index (χ0n) is 13.1. The summed E-state index contributed by atoms with van der Waals surface area (Å²) in [6.45, 7) is 4.06. The quantitative estimate of drug-likeness (QED) is 0.914. The van der Waals surface area contributed by atoms with Crippen LogP contribution in [0.25, 0.3) is 16.5 Å². The Morgan fingerprint density at radius 1 is 1.32 bits per heavy atom. The number of rotatable bonds is 3. The maximum absolute atomic E-state index is 11.4. The lowest BCUT2D eigenvalue weighted by Gasteiger charge is -2.22. The number of anilines is 1. The van der Waals surface area contributed by atoms with Crippen molar-refractivity contribution in [2.75, 3.05) is 31.1 Å². The van der Waals surface area contributed by atoms with E-state index in [-0.39, 0.29) is 0 Å². The van der Waals surface area contributed by atoms with E-state index in [2.05, 4.69) is 34.7 Å². The van der Waals surface area contributed by atoms with Crippen molar-refractivity contribution in [2.24, 2.45) is 0 Å². The third kappa shape index (κ3) is 3.03. The monoisotopic (exact) mass is 319 g/mol. The molecule has 6 heteroatoms. The number of nitrogens with zero attached hydrogens (tertiary/aromatic N) is 1. The van der Waals surface area contributed by atoms with E-state index in [0.29, 0.717) is 5.69 Å². The van der Waals surface area contributed by atoms with Crippen LogP contribution in [0.5, 0.6) is 0 Å². The molecular formula is C16H21N3O2S. The van der Waals surface area contributed by atoms with Gasteiger partial charge in [0.25, 0.3) is 0 Å². The van der Waals surface area contributed by atoms with E-state index < -0.39 is 10.0 Å². The van der Waals surface area contributed by atoms with E-state index >= 15 is 0 Å². The molecule has 0 spiro atoms. The fraction of sp³-hybridized carbons (Fsp3) is 0.375. The van der Waals surface area contributed by atoms with Crippen LogP contribution in [0.2, 0.25) is 0 Å². The van der Waals surface area contributed by atoms with Gasteiger partial charge in [-0.2, -0.15) is 0 Å². The van der Waals surface area contributed by atoms with Crippen molar-refractivity contribution in [3.8, 4) is 0 Å². The van der Waals surface area contributed by atoms with E-state index in [0.717, 1.165) is 36.1 Å². The molecular weight excluding hydrogens is 298 g/mol. The second-order valence-electron chi connectivity index (χ2n) is 6.00. The highest BCUT2D eigenvalue weighted by molar-refractivity contribution is 7.92. The Balaban J connectivity index is 2.09. The van der Waals surface area contributed by atoms with Crippen LogP contribution in [0.4, 0.5) is 5.69 Å². The van der Waals surface area contributed by atoms with Gasteiger partial charge in [-0.1, -0.05) is 6.08 Å². The number of sulfonamides is 1. The van der Waals surface area contributed by atoms with E-state index in [4.69, 9.17) is 0 Å². The molecule has 2 N–H and O–H groups in total. The molecule has 2 heterocycles. The average molecular weight is 319 g/mol. The highest BCUT2D eigenvalue weighted by Gasteiger charge is 2.17. The lowest BCUT2D eigenvalue weighted by molar-refractivity contribution is 0.370. The van der Waals surface area contributed by atoms with Crippen LogP contribution in [0.15, 0.2) is 24.3 Å². The number of aromatic amines is 1. The number of H-pyrrole nitrogens is 1. The lowest BCUT2D eigenvalue weighted by Crippen LogP contribution is -2.23. The number of hydrogen-bond donors (Lipinski definition) is 2. The molecule has 0 fully saturated rings. The number of benzene rings is 1. The second-order valence-corrected chi connectivity index (χ2v) is 7.75. The van der Waals surface area contributed by atoms with Gasteiger partial charge in [0.1, 0.15) is 0 Å². The molecule has 2 aromatic rings. The van der Waals surface area contributed by atoms with Crippen molar-refractivity contribution >= 4 is 32.2 Å². The summed E-state index contributed by atoms with van der Waals surface area (Å²) in [5.41, 5.74) is 5.30. The minimum absolute atomic E-state index is 0.601. The third-order valence-corrected chi connectivity index (χ3v) is 4.63. The molecule has 0 atom stereocenters. The molecule has 1 aliphatic rings. The summed E-state index contributed by atoms with van der Waals surface area (Å²) < 4.78 is 25.4. The largest absolute Gasteiger partial charge is 0.358 e. The van der Waals surface area contributed by atoms with Crippen LogP contribution in [0.1, 0.15) is 17.7 Å². The van der Waals surface area contributed by atoms with Gasteiger partial charge in [0.2, 0.25) is 10.0 Å². The maximum Gasteiger partial charge on any atom is 0.229 e. The lowest BCUT2D eigenvalue weighted by atomic mass is 9.97. The predicted molar refractivity (Wildman–Crippen MR) is 91.6 cm³/mol. The smallest absolute Gasteiger partial charge is 0.229 e. The first-order valence-electron chi connectivity index (χ1n) is 7.31. The van der Waals surface area contributed by atoms with Gasteiger partial charge in [0.05, 0.1) is 6.26 Å². The number of nitrogens with one attached hydrogen (secondary N) is 2. The molecule has 0 radical (unpaired) electrons. The zero-order valence-corrected chi connectivity index (χ0v) is 13.9. The highest BCUT2D eigenvalue weighted by atomic mass is 32.2. The summed E-state index contributed by atoms with van der Waals surface area (Å²) >= 11 is 0. The van der Waals surface area contributed by atoms with Gasteiger partial charge < -0.3 is 9.88 Å². The van der Waals surface area contributed by atoms with Crippen molar-refractivity contribution in [2.45, 2.75) is 13.3 Å². The fourth-order valence-electron chi connectivity index (χ4n) is 3.02. The fourth-order valence-corrected chi connectivity index (χ4v) is 3.57. The average Bonchev–Trinajstić information content (AvgIpc) is 2.74. The molecule has 0 amide bonds. The molecule has 1 aliphatic heterocycles. The van der Waals surface area contributed by atoms with E-state index in [1.165, 1.54) is 17.4 Å². The number of aryl methyl sites for hydroxylation is 1. The SMILES string of the molecule is Cc1[nH]c2ccc(NS(C)(=O)=O)cc2c1C1=CCN(C)CC1. The van der Waals surface area contributed by atoms with Crippen LogP contribution in [-0.2, 0) is 10.0 Å². The van der Waals surface area contributed by atoms with E-state index in [9.17, 15) is 8.42 Å². The first-order chi connectivity index (χ1) is 10.3. The Hall–Kier alpha value is -1.79. The van der Waals surface area contributed by atoms with Gasteiger partial charge in [-0.15, -0.1) is 0 Å². The van der Waals surface area contributed by atoms with Gasteiger partial charge in [-0.05, 0) is 44.2 Å². The Labute approximate surface area is 131 Å². The van der Waals surface area contributed by atoms with Gasteiger partial charge in [0.15, 0.2) is 0 Å². The summed E-state index contributed by atoms with van der Waals surface area (Å²) in [5.74, 6) is 0. The van der Waals surface area contributed by atoms with Crippen molar-refractivity contribution in [3.05, 3.63) is 35.5 Å². The van der Waals surface area contributed by atoms with Crippen LogP contribution >= 0.6 is 0 Å². The minimum Gasteiger partial charge on any atom is -0.358 e. The Bertz CT molecular complexity index is 850.